The molecule has 0 radical (unpaired) electrons. The Labute approximate surface area is 155 Å². The molecule has 0 spiro atoms. The molecule has 0 unspecified atom stereocenters. The average Bonchev–Trinajstić information content (AvgIpc) is 2.61. The molecule has 0 atom stereocenters. The third kappa shape index (κ3) is 4.75. The molecular weight excluding hydrogens is 326 g/mol. The number of rotatable bonds is 3. The Bertz CT molecular complexity index is 732. The van der Waals surface area contributed by atoms with Crippen molar-refractivity contribution in [3.8, 4) is 11.1 Å². The summed E-state index contributed by atoms with van der Waals surface area (Å²) in [6, 6.07) is 12.6. The Morgan fingerprint density at radius 3 is 2.50 bits per heavy atom. The number of aromatic nitrogens is 1. The van der Waals surface area contributed by atoms with Crippen molar-refractivity contribution < 1.29 is 9.53 Å². The maximum absolute atomic E-state index is 12.0. The van der Waals surface area contributed by atoms with Crippen molar-refractivity contribution in [1.82, 2.24) is 10.3 Å². The van der Waals surface area contributed by atoms with Gasteiger partial charge in [0.15, 0.2) is 0 Å². The zero-order chi connectivity index (χ0) is 18.6. The lowest BCUT2D eigenvalue weighted by molar-refractivity contribution is 0.0497. The molecule has 1 amide bonds. The van der Waals surface area contributed by atoms with Crippen LogP contribution in [0.4, 0.5) is 10.5 Å². The lowest BCUT2D eigenvalue weighted by Gasteiger charge is -2.35. The second-order valence-electron chi connectivity index (χ2n) is 7.67. The zero-order valence-corrected chi connectivity index (χ0v) is 15.7. The first kappa shape index (κ1) is 18.2. The minimum atomic E-state index is -0.466. The van der Waals surface area contributed by atoms with Crippen LogP contribution in [0.5, 0.6) is 0 Å². The van der Waals surface area contributed by atoms with E-state index in [0.717, 1.165) is 31.5 Å². The maximum Gasteiger partial charge on any atom is 0.407 e. The van der Waals surface area contributed by atoms with E-state index in [1.54, 1.807) is 0 Å². The highest BCUT2D eigenvalue weighted by molar-refractivity contribution is 5.77. The standard InChI is InChI=1S/C21H27N3O2/c1-21(2,3)26-20(25)23-17-10-13-24(14-11-17)19-9-12-22-15-18(19)16-7-5-4-6-8-16/h4-9,12,15,17H,10-11,13-14H2,1-3H3,(H,23,25). The summed E-state index contributed by atoms with van der Waals surface area (Å²) < 4.78 is 5.36. The molecule has 1 aromatic heterocycles. The van der Waals surface area contributed by atoms with Gasteiger partial charge in [0.1, 0.15) is 5.60 Å². The molecule has 5 heteroatoms. The van der Waals surface area contributed by atoms with Gasteiger partial charge in [0.25, 0.3) is 0 Å². The topological polar surface area (TPSA) is 54.5 Å². The van der Waals surface area contributed by atoms with Crippen LogP contribution in [0, 0.1) is 0 Å². The Kier molecular flexibility index (Phi) is 5.45. The first-order valence-electron chi connectivity index (χ1n) is 9.16. The molecular formula is C21H27N3O2. The number of nitrogens with one attached hydrogen (secondary N) is 1. The van der Waals surface area contributed by atoms with Crippen LogP contribution >= 0.6 is 0 Å². The van der Waals surface area contributed by atoms with Gasteiger partial charge in [-0.2, -0.15) is 0 Å². The van der Waals surface area contributed by atoms with Crippen molar-refractivity contribution in [1.29, 1.82) is 0 Å². The van der Waals surface area contributed by atoms with E-state index in [1.165, 1.54) is 11.3 Å². The lowest BCUT2D eigenvalue weighted by Crippen LogP contribution is -2.46. The molecule has 0 aliphatic carbocycles. The van der Waals surface area contributed by atoms with Gasteiger partial charge in [-0.25, -0.2) is 4.79 Å². The molecule has 2 heterocycles. The fraction of sp³-hybridized carbons (Fsp3) is 0.429. The first-order valence-corrected chi connectivity index (χ1v) is 9.16. The Balaban J connectivity index is 1.63. The molecule has 2 aromatic rings. The Hall–Kier alpha value is -2.56. The van der Waals surface area contributed by atoms with E-state index in [1.807, 2.05) is 51.4 Å². The van der Waals surface area contributed by atoms with Gasteiger partial charge in [-0.05, 0) is 45.2 Å². The van der Waals surface area contributed by atoms with Crippen molar-refractivity contribution in [3.63, 3.8) is 0 Å². The fourth-order valence-electron chi connectivity index (χ4n) is 3.24. The number of pyridine rings is 1. The van der Waals surface area contributed by atoms with E-state index in [2.05, 4.69) is 33.4 Å². The maximum atomic E-state index is 12.0. The molecule has 1 fully saturated rings. The Morgan fingerprint density at radius 1 is 1.15 bits per heavy atom. The molecule has 5 nitrogen and oxygen atoms in total. The van der Waals surface area contributed by atoms with Crippen molar-refractivity contribution in [2.24, 2.45) is 0 Å². The smallest absolute Gasteiger partial charge is 0.407 e. The van der Waals surface area contributed by atoms with E-state index in [4.69, 9.17) is 4.74 Å². The van der Waals surface area contributed by atoms with Crippen molar-refractivity contribution in [2.75, 3.05) is 18.0 Å². The molecule has 1 saturated heterocycles. The molecule has 0 bridgehead atoms. The molecule has 1 N–H and O–H groups in total. The number of anilines is 1. The highest BCUT2D eigenvalue weighted by atomic mass is 16.6. The zero-order valence-electron chi connectivity index (χ0n) is 15.7. The summed E-state index contributed by atoms with van der Waals surface area (Å²) in [4.78, 5) is 18.6. The van der Waals surface area contributed by atoms with Crippen molar-refractivity contribution in [2.45, 2.75) is 45.3 Å². The SMILES string of the molecule is CC(C)(C)OC(=O)NC1CCN(c2ccncc2-c2ccccc2)CC1. The number of amides is 1. The van der Waals surface area contributed by atoms with E-state index in [9.17, 15) is 4.79 Å². The molecule has 1 aromatic carbocycles. The summed E-state index contributed by atoms with van der Waals surface area (Å²) in [6.07, 6.45) is 5.23. The minimum Gasteiger partial charge on any atom is -0.444 e. The number of carbonyl (C=O) groups excluding carboxylic acids is 1. The third-order valence-electron chi connectivity index (χ3n) is 4.44. The lowest BCUT2D eigenvalue weighted by atomic mass is 10.0. The predicted molar refractivity (Wildman–Crippen MR) is 104 cm³/mol. The van der Waals surface area contributed by atoms with E-state index in [-0.39, 0.29) is 12.1 Å². The second kappa shape index (κ2) is 7.77. The molecule has 0 saturated carbocycles. The van der Waals surface area contributed by atoms with Gasteiger partial charge in [-0.3, -0.25) is 4.98 Å². The number of carbonyl (C=O) groups is 1. The number of nitrogens with zero attached hydrogens (tertiary/aromatic N) is 2. The van der Waals surface area contributed by atoms with Crippen LogP contribution in [0.2, 0.25) is 0 Å². The number of benzene rings is 1. The van der Waals surface area contributed by atoms with E-state index in [0.29, 0.717) is 0 Å². The first-order chi connectivity index (χ1) is 12.4. The van der Waals surface area contributed by atoms with Gasteiger partial charge in [0, 0.05) is 42.8 Å². The molecule has 3 rings (SSSR count). The van der Waals surface area contributed by atoms with Gasteiger partial charge in [-0.1, -0.05) is 30.3 Å². The van der Waals surface area contributed by atoms with Gasteiger partial charge in [0.05, 0.1) is 0 Å². The summed E-state index contributed by atoms with van der Waals surface area (Å²) >= 11 is 0. The average molecular weight is 353 g/mol. The highest BCUT2D eigenvalue weighted by Crippen LogP contribution is 2.31. The van der Waals surface area contributed by atoms with Crippen LogP contribution in [-0.4, -0.2) is 35.8 Å². The van der Waals surface area contributed by atoms with Crippen LogP contribution < -0.4 is 10.2 Å². The highest BCUT2D eigenvalue weighted by Gasteiger charge is 2.24. The van der Waals surface area contributed by atoms with Crippen molar-refractivity contribution >= 4 is 11.8 Å². The van der Waals surface area contributed by atoms with E-state index < -0.39 is 5.60 Å². The summed E-state index contributed by atoms with van der Waals surface area (Å²) in [7, 11) is 0. The minimum absolute atomic E-state index is 0.156. The van der Waals surface area contributed by atoms with E-state index >= 15 is 0 Å². The summed E-state index contributed by atoms with van der Waals surface area (Å²) in [5.74, 6) is 0. The quantitative estimate of drug-likeness (QED) is 0.897. The normalized spacial score (nSPS) is 15.6. The third-order valence-corrected chi connectivity index (χ3v) is 4.44. The number of piperidine rings is 1. The number of ether oxygens (including phenoxy) is 1. The van der Waals surface area contributed by atoms with Gasteiger partial charge < -0.3 is 15.0 Å². The largest absolute Gasteiger partial charge is 0.444 e. The van der Waals surface area contributed by atoms with Gasteiger partial charge in [-0.15, -0.1) is 0 Å². The summed E-state index contributed by atoms with van der Waals surface area (Å²) in [5, 5.41) is 2.99. The fourth-order valence-corrected chi connectivity index (χ4v) is 3.24. The summed E-state index contributed by atoms with van der Waals surface area (Å²) in [5.41, 5.74) is 3.05. The monoisotopic (exact) mass is 353 g/mol. The molecule has 1 aliphatic heterocycles. The molecule has 26 heavy (non-hydrogen) atoms. The van der Waals surface area contributed by atoms with Gasteiger partial charge in [0.2, 0.25) is 0 Å². The van der Waals surface area contributed by atoms with Gasteiger partial charge >= 0.3 is 6.09 Å². The predicted octanol–water partition coefficient (Wildman–Crippen LogP) is 4.24. The molecule has 138 valence electrons. The van der Waals surface area contributed by atoms with Crippen LogP contribution in [0.3, 0.4) is 0 Å². The second-order valence-corrected chi connectivity index (χ2v) is 7.67. The number of alkyl carbamates (subject to hydrolysis) is 1. The van der Waals surface area contributed by atoms with Crippen LogP contribution in [0.1, 0.15) is 33.6 Å². The van der Waals surface area contributed by atoms with Crippen LogP contribution in [0.15, 0.2) is 48.8 Å². The number of hydrogen-bond acceptors (Lipinski definition) is 4. The molecule has 1 aliphatic rings. The Morgan fingerprint density at radius 2 is 1.85 bits per heavy atom. The van der Waals surface area contributed by atoms with Crippen LogP contribution in [-0.2, 0) is 4.74 Å². The number of hydrogen-bond donors (Lipinski definition) is 1. The summed E-state index contributed by atoms with van der Waals surface area (Å²) in [6.45, 7) is 7.42. The van der Waals surface area contributed by atoms with Crippen molar-refractivity contribution in [3.05, 3.63) is 48.8 Å². The van der Waals surface area contributed by atoms with Crippen LogP contribution in [0.25, 0.3) is 11.1 Å².